The minimum atomic E-state index is -0.382. The number of hydrogen-bond acceptors (Lipinski definition) is 4. The van der Waals surface area contributed by atoms with E-state index in [1.807, 2.05) is 12.1 Å². The van der Waals surface area contributed by atoms with Gasteiger partial charge in [-0.2, -0.15) is 0 Å². The van der Waals surface area contributed by atoms with E-state index in [0.29, 0.717) is 13.0 Å². The number of carbonyl (C=O) groups is 1. The van der Waals surface area contributed by atoms with Gasteiger partial charge in [0.25, 0.3) is 0 Å². The van der Waals surface area contributed by atoms with Crippen molar-refractivity contribution >= 4 is 11.6 Å². The van der Waals surface area contributed by atoms with E-state index in [4.69, 9.17) is 9.47 Å². The number of aliphatic hydroxyl groups excluding tert-OH is 1. The van der Waals surface area contributed by atoms with Gasteiger partial charge < -0.3 is 19.9 Å². The number of ether oxygens (including phenoxy) is 2. The van der Waals surface area contributed by atoms with E-state index in [1.54, 1.807) is 19.2 Å². The summed E-state index contributed by atoms with van der Waals surface area (Å²) >= 11 is 0. The van der Waals surface area contributed by atoms with Crippen LogP contribution in [0.4, 0.5) is 5.69 Å². The van der Waals surface area contributed by atoms with Crippen molar-refractivity contribution in [3.63, 3.8) is 0 Å². The molecule has 5 nitrogen and oxygen atoms in total. The number of aliphatic hydroxyl groups is 1. The summed E-state index contributed by atoms with van der Waals surface area (Å²) in [6.07, 6.45) is 3.67. The molecule has 0 spiro atoms. The lowest BCUT2D eigenvalue weighted by atomic mass is 9.95. The van der Waals surface area contributed by atoms with Crippen molar-refractivity contribution in [2.24, 2.45) is 0 Å². The van der Waals surface area contributed by atoms with Crippen molar-refractivity contribution in [2.75, 3.05) is 19.0 Å². The fraction of sp³-hybridized carbons (Fsp3) is 0.562. The van der Waals surface area contributed by atoms with Gasteiger partial charge in [0.2, 0.25) is 5.91 Å². The average Bonchev–Trinajstić information content (AvgIpc) is 2.49. The summed E-state index contributed by atoms with van der Waals surface area (Å²) in [5.41, 5.74) is 0.729. The number of benzene rings is 1. The van der Waals surface area contributed by atoms with E-state index < -0.39 is 0 Å². The zero-order valence-electron chi connectivity index (χ0n) is 12.4. The normalized spacial score (nSPS) is 21.8. The third kappa shape index (κ3) is 5.02. The van der Waals surface area contributed by atoms with Crippen LogP contribution in [-0.2, 0) is 9.53 Å². The van der Waals surface area contributed by atoms with Crippen LogP contribution in [-0.4, -0.2) is 36.9 Å². The van der Waals surface area contributed by atoms with E-state index in [2.05, 4.69) is 5.32 Å². The molecule has 0 radical (unpaired) electrons. The molecule has 0 unspecified atom stereocenters. The SMILES string of the molecule is COCCC(=O)Nc1ccc(O[C@H]2CCCC[C@H]2O)cc1. The molecule has 5 heteroatoms. The van der Waals surface area contributed by atoms with Crippen molar-refractivity contribution in [3.05, 3.63) is 24.3 Å². The molecule has 2 atom stereocenters. The minimum absolute atomic E-state index is 0.0757. The monoisotopic (exact) mass is 293 g/mol. The molecule has 1 aliphatic rings. The number of hydrogen-bond donors (Lipinski definition) is 2. The second-order valence-corrected chi connectivity index (χ2v) is 5.32. The van der Waals surface area contributed by atoms with E-state index in [0.717, 1.165) is 37.1 Å². The van der Waals surface area contributed by atoms with Gasteiger partial charge in [0.05, 0.1) is 19.1 Å². The summed E-state index contributed by atoms with van der Waals surface area (Å²) in [5.74, 6) is 0.643. The molecule has 2 rings (SSSR count). The second-order valence-electron chi connectivity index (χ2n) is 5.32. The summed E-state index contributed by atoms with van der Waals surface area (Å²) < 4.78 is 10.7. The number of methoxy groups -OCH3 is 1. The van der Waals surface area contributed by atoms with E-state index in [-0.39, 0.29) is 18.1 Å². The van der Waals surface area contributed by atoms with Gasteiger partial charge in [-0.3, -0.25) is 4.79 Å². The van der Waals surface area contributed by atoms with Gasteiger partial charge in [-0.1, -0.05) is 6.42 Å². The molecular weight excluding hydrogens is 270 g/mol. The fourth-order valence-corrected chi connectivity index (χ4v) is 2.42. The van der Waals surface area contributed by atoms with Crippen LogP contribution in [0.3, 0.4) is 0 Å². The first kappa shape index (κ1) is 15.8. The van der Waals surface area contributed by atoms with Crippen molar-refractivity contribution in [1.82, 2.24) is 0 Å². The van der Waals surface area contributed by atoms with Crippen LogP contribution < -0.4 is 10.1 Å². The highest BCUT2D eigenvalue weighted by atomic mass is 16.5. The van der Waals surface area contributed by atoms with Gasteiger partial charge in [0.1, 0.15) is 11.9 Å². The first-order valence-corrected chi connectivity index (χ1v) is 7.42. The predicted octanol–water partition coefficient (Wildman–Crippen LogP) is 2.34. The van der Waals surface area contributed by atoms with Gasteiger partial charge in [-0.15, -0.1) is 0 Å². The Balaban J connectivity index is 1.85. The van der Waals surface area contributed by atoms with Crippen molar-refractivity contribution < 1.29 is 19.4 Å². The number of carbonyl (C=O) groups excluding carboxylic acids is 1. The van der Waals surface area contributed by atoms with Crippen molar-refractivity contribution in [3.8, 4) is 5.75 Å². The molecule has 1 aromatic rings. The molecule has 0 heterocycles. The Hall–Kier alpha value is -1.59. The van der Waals surface area contributed by atoms with Crippen LogP contribution in [0.2, 0.25) is 0 Å². The zero-order valence-corrected chi connectivity index (χ0v) is 12.4. The molecule has 1 fully saturated rings. The van der Waals surface area contributed by atoms with E-state index >= 15 is 0 Å². The molecule has 116 valence electrons. The van der Waals surface area contributed by atoms with Crippen LogP contribution in [0.5, 0.6) is 5.75 Å². The summed E-state index contributed by atoms with van der Waals surface area (Å²) in [4.78, 5) is 11.6. The van der Waals surface area contributed by atoms with Gasteiger partial charge in [0.15, 0.2) is 0 Å². The standard InChI is InChI=1S/C16H23NO4/c1-20-11-10-16(19)17-12-6-8-13(9-7-12)21-15-5-3-2-4-14(15)18/h6-9,14-15,18H,2-5,10-11H2,1H3,(H,17,19)/t14-,15+/m1/s1. The van der Waals surface area contributed by atoms with Gasteiger partial charge in [-0.05, 0) is 43.5 Å². The van der Waals surface area contributed by atoms with Gasteiger partial charge in [0, 0.05) is 12.8 Å². The molecule has 1 saturated carbocycles. The summed E-state index contributed by atoms with van der Waals surface area (Å²) in [6, 6.07) is 7.23. The number of anilines is 1. The molecule has 0 aliphatic heterocycles. The fourth-order valence-electron chi connectivity index (χ4n) is 2.42. The minimum Gasteiger partial charge on any atom is -0.488 e. The molecule has 0 aromatic heterocycles. The van der Waals surface area contributed by atoms with E-state index in [1.165, 1.54) is 0 Å². The Morgan fingerprint density at radius 3 is 2.67 bits per heavy atom. The molecule has 1 aromatic carbocycles. The maximum atomic E-state index is 11.6. The Kier molecular flexibility index (Phi) is 6.02. The Morgan fingerprint density at radius 2 is 2.00 bits per heavy atom. The van der Waals surface area contributed by atoms with Crippen LogP contribution in [0.25, 0.3) is 0 Å². The highest BCUT2D eigenvalue weighted by Gasteiger charge is 2.24. The summed E-state index contributed by atoms with van der Waals surface area (Å²) in [5, 5.41) is 12.7. The third-order valence-electron chi connectivity index (χ3n) is 3.63. The average molecular weight is 293 g/mol. The highest BCUT2D eigenvalue weighted by molar-refractivity contribution is 5.90. The molecule has 0 bridgehead atoms. The lowest BCUT2D eigenvalue weighted by molar-refractivity contribution is -0.117. The lowest BCUT2D eigenvalue weighted by Crippen LogP contribution is -2.34. The quantitative estimate of drug-likeness (QED) is 0.845. The van der Waals surface area contributed by atoms with Crippen molar-refractivity contribution in [2.45, 2.75) is 44.3 Å². The molecule has 0 saturated heterocycles. The number of rotatable bonds is 6. The van der Waals surface area contributed by atoms with Crippen LogP contribution in [0, 0.1) is 0 Å². The van der Waals surface area contributed by atoms with Crippen LogP contribution in [0.1, 0.15) is 32.1 Å². The molecule has 2 N–H and O–H groups in total. The third-order valence-corrected chi connectivity index (χ3v) is 3.63. The molecule has 1 amide bonds. The second kappa shape index (κ2) is 8.00. The Labute approximate surface area is 125 Å². The lowest BCUT2D eigenvalue weighted by Gasteiger charge is -2.28. The van der Waals surface area contributed by atoms with E-state index in [9.17, 15) is 9.90 Å². The van der Waals surface area contributed by atoms with Crippen LogP contribution in [0.15, 0.2) is 24.3 Å². The molecule has 21 heavy (non-hydrogen) atoms. The van der Waals surface area contributed by atoms with Gasteiger partial charge in [-0.25, -0.2) is 0 Å². The van der Waals surface area contributed by atoms with Crippen LogP contribution >= 0.6 is 0 Å². The maximum Gasteiger partial charge on any atom is 0.226 e. The number of nitrogens with one attached hydrogen (secondary N) is 1. The van der Waals surface area contributed by atoms with Crippen molar-refractivity contribution in [1.29, 1.82) is 0 Å². The zero-order chi connectivity index (χ0) is 15.1. The summed E-state index contributed by atoms with van der Waals surface area (Å²) in [6.45, 7) is 0.409. The predicted molar refractivity (Wildman–Crippen MR) is 80.5 cm³/mol. The largest absolute Gasteiger partial charge is 0.488 e. The van der Waals surface area contributed by atoms with Gasteiger partial charge >= 0.3 is 0 Å². The topological polar surface area (TPSA) is 67.8 Å². The maximum absolute atomic E-state index is 11.6. The first-order chi connectivity index (χ1) is 10.2. The molecule has 1 aliphatic carbocycles. The number of amides is 1. The summed E-state index contributed by atoms with van der Waals surface area (Å²) in [7, 11) is 1.57. The molecular formula is C16H23NO4. The Bertz CT molecular complexity index is 446. The highest BCUT2D eigenvalue weighted by Crippen LogP contribution is 2.24. The Morgan fingerprint density at radius 1 is 1.29 bits per heavy atom. The smallest absolute Gasteiger partial charge is 0.226 e. The first-order valence-electron chi connectivity index (χ1n) is 7.42.